The van der Waals surface area contributed by atoms with E-state index in [0.29, 0.717) is 35.4 Å². The number of benzene rings is 1. The highest BCUT2D eigenvalue weighted by Gasteiger charge is 2.35. The van der Waals surface area contributed by atoms with Gasteiger partial charge in [0, 0.05) is 37.1 Å². The van der Waals surface area contributed by atoms with Gasteiger partial charge in [0.25, 0.3) is 0 Å². The molecule has 0 amide bonds. The average molecular weight is 365 g/mol. The Labute approximate surface area is 145 Å². The number of ketones is 1. The summed E-state index contributed by atoms with van der Waals surface area (Å²) in [5.41, 5.74) is 1.75. The number of aliphatic hydroxyl groups excluding tert-OH is 1. The van der Waals surface area contributed by atoms with Crippen molar-refractivity contribution >= 4 is 27.5 Å². The molecule has 9 heteroatoms. The van der Waals surface area contributed by atoms with E-state index < -0.39 is 22.0 Å². The monoisotopic (exact) mass is 365 g/mol. The van der Waals surface area contributed by atoms with Crippen LogP contribution in [0.4, 0.5) is 0 Å². The van der Waals surface area contributed by atoms with Crippen LogP contribution in [0.1, 0.15) is 27.9 Å². The molecule has 2 atom stereocenters. The zero-order valence-electron chi connectivity index (χ0n) is 14.1. The fraction of sp³-hybridized carbons (Fsp3) is 0.438. The lowest BCUT2D eigenvalue weighted by Gasteiger charge is -2.20. The number of sulfone groups is 1. The normalized spacial score (nSPS) is 22.9. The van der Waals surface area contributed by atoms with Crippen molar-refractivity contribution in [2.24, 2.45) is 16.2 Å². The maximum absolute atomic E-state index is 12.9. The van der Waals surface area contributed by atoms with E-state index in [4.69, 9.17) is 4.84 Å². The van der Waals surface area contributed by atoms with Gasteiger partial charge in [0.15, 0.2) is 21.8 Å². The number of aliphatic hydroxyl groups is 1. The molecule has 2 aliphatic heterocycles. The molecule has 1 aromatic rings. The highest BCUT2D eigenvalue weighted by atomic mass is 32.2. The fourth-order valence-electron chi connectivity index (χ4n) is 3.04. The number of rotatable bonds is 4. The van der Waals surface area contributed by atoms with Crippen LogP contribution in [0.5, 0.6) is 0 Å². The summed E-state index contributed by atoms with van der Waals surface area (Å²) >= 11 is 0. The van der Waals surface area contributed by atoms with Crippen molar-refractivity contribution in [1.82, 2.24) is 5.01 Å². The van der Waals surface area contributed by atoms with Gasteiger partial charge < -0.3 is 9.94 Å². The Balaban J connectivity index is 2.12. The summed E-state index contributed by atoms with van der Waals surface area (Å²) in [5, 5.41) is 19.2. The molecule has 8 nitrogen and oxygen atoms in total. The zero-order valence-corrected chi connectivity index (χ0v) is 14.9. The van der Waals surface area contributed by atoms with Gasteiger partial charge >= 0.3 is 0 Å². The quantitative estimate of drug-likeness (QED) is 0.782. The number of nitrogens with zero attached hydrogens (tertiary/aromatic N) is 3. The van der Waals surface area contributed by atoms with Crippen LogP contribution in [0.15, 0.2) is 27.3 Å². The van der Waals surface area contributed by atoms with Gasteiger partial charge in [-0.25, -0.2) is 8.42 Å². The number of Topliss-reactive ketones (excluding diaryl/α,β-unsaturated/α-hetero) is 1. The number of hydrogen-bond donors (Lipinski definition) is 1. The van der Waals surface area contributed by atoms with E-state index in [0.717, 1.165) is 6.26 Å². The molecule has 0 fully saturated rings. The summed E-state index contributed by atoms with van der Waals surface area (Å²) in [6, 6.07) is 2.89. The first kappa shape index (κ1) is 17.6. The molecule has 0 aromatic heterocycles. The third-order valence-electron chi connectivity index (χ3n) is 4.40. The highest BCUT2D eigenvalue weighted by molar-refractivity contribution is 7.90. The van der Waals surface area contributed by atoms with Crippen molar-refractivity contribution in [3.05, 3.63) is 28.8 Å². The van der Waals surface area contributed by atoms with E-state index in [2.05, 4.69) is 10.3 Å². The highest BCUT2D eigenvalue weighted by Crippen LogP contribution is 2.29. The van der Waals surface area contributed by atoms with Crippen LogP contribution in [-0.2, 0) is 14.7 Å². The van der Waals surface area contributed by atoms with Gasteiger partial charge in [-0.3, -0.25) is 9.80 Å². The van der Waals surface area contributed by atoms with Crippen LogP contribution in [0.2, 0.25) is 0 Å². The Morgan fingerprint density at radius 3 is 2.64 bits per heavy atom. The Morgan fingerprint density at radius 2 is 2.12 bits per heavy atom. The number of carbonyl (C=O) groups excluding carboxylic acids is 1. The first-order chi connectivity index (χ1) is 11.7. The molecule has 0 saturated heterocycles. The lowest BCUT2D eigenvalue weighted by molar-refractivity contribution is 0.0167. The molecule has 1 N–H and O–H groups in total. The van der Waals surface area contributed by atoms with Crippen LogP contribution in [0.25, 0.3) is 0 Å². The first-order valence-electron chi connectivity index (χ1n) is 7.74. The maximum Gasteiger partial charge on any atom is 0.176 e. The molecule has 134 valence electrons. The van der Waals surface area contributed by atoms with Crippen molar-refractivity contribution in [1.29, 1.82) is 0 Å². The molecule has 0 bridgehead atoms. The van der Waals surface area contributed by atoms with E-state index in [1.165, 1.54) is 23.4 Å². The minimum absolute atomic E-state index is 0.114. The van der Waals surface area contributed by atoms with Crippen LogP contribution >= 0.6 is 0 Å². The number of oxime groups is 1. The van der Waals surface area contributed by atoms with Gasteiger partial charge in [0.1, 0.15) is 12.5 Å². The van der Waals surface area contributed by atoms with E-state index in [-0.39, 0.29) is 10.7 Å². The topological polar surface area (TPSA) is 109 Å². The van der Waals surface area contributed by atoms with Crippen molar-refractivity contribution < 1.29 is 23.2 Å². The smallest absolute Gasteiger partial charge is 0.176 e. The lowest BCUT2D eigenvalue weighted by atomic mass is 9.90. The SMILES string of the molecule is Cc1c(C(=O)C2C=NN(C)C2O)ccc(S(C)(=O)=O)c1C1=NOCC1. The molecule has 2 unspecified atom stereocenters. The third-order valence-corrected chi connectivity index (χ3v) is 5.54. The minimum atomic E-state index is -3.51. The van der Waals surface area contributed by atoms with Crippen LogP contribution in [0, 0.1) is 12.8 Å². The van der Waals surface area contributed by atoms with Gasteiger partial charge in [-0.05, 0) is 24.6 Å². The van der Waals surface area contributed by atoms with Gasteiger partial charge in [-0.2, -0.15) is 5.10 Å². The molecule has 0 saturated carbocycles. The minimum Gasteiger partial charge on any atom is -0.395 e. The summed E-state index contributed by atoms with van der Waals surface area (Å²) in [7, 11) is -1.93. The summed E-state index contributed by atoms with van der Waals surface area (Å²) in [6.45, 7) is 2.05. The largest absolute Gasteiger partial charge is 0.395 e. The average Bonchev–Trinajstić information content (AvgIpc) is 3.17. The molecule has 25 heavy (non-hydrogen) atoms. The Hall–Kier alpha value is -2.26. The van der Waals surface area contributed by atoms with E-state index in [1.54, 1.807) is 14.0 Å². The molecule has 0 radical (unpaired) electrons. The summed E-state index contributed by atoms with van der Waals surface area (Å²) in [5.74, 6) is -1.12. The standard InChI is InChI=1S/C16H19N3O5S/c1-9-10(15(20)11-8-17-19(2)16(11)21)4-5-13(25(3,22)23)14(9)12-6-7-24-18-12/h4-5,8,11,16,21H,6-7H2,1-3H3. The molecular weight excluding hydrogens is 346 g/mol. The van der Waals surface area contributed by atoms with Crippen LogP contribution < -0.4 is 0 Å². The molecule has 1 aromatic carbocycles. The molecule has 3 rings (SSSR count). The van der Waals surface area contributed by atoms with Crippen molar-refractivity contribution in [2.75, 3.05) is 19.9 Å². The number of hydrogen-bond acceptors (Lipinski definition) is 8. The predicted molar refractivity (Wildman–Crippen MR) is 91.5 cm³/mol. The molecular formula is C16H19N3O5S. The molecule has 2 heterocycles. The van der Waals surface area contributed by atoms with E-state index in [1.807, 2.05) is 0 Å². The van der Waals surface area contributed by atoms with E-state index in [9.17, 15) is 18.3 Å². The van der Waals surface area contributed by atoms with Gasteiger partial charge in [0.05, 0.1) is 10.6 Å². The van der Waals surface area contributed by atoms with Gasteiger partial charge in [-0.1, -0.05) is 5.16 Å². The summed E-state index contributed by atoms with van der Waals surface area (Å²) in [4.78, 5) is 18.0. The van der Waals surface area contributed by atoms with Crippen LogP contribution in [0.3, 0.4) is 0 Å². The maximum atomic E-state index is 12.9. The Bertz CT molecular complexity index is 891. The third kappa shape index (κ3) is 3.05. The van der Waals surface area contributed by atoms with E-state index >= 15 is 0 Å². The number of carbonyl (C=O) groups is 1. The lowest BCUT2D eigenvalue weighted by Crippen LogP contribution is -2.34. The van der Waals surface area contributed by atoms with Crippen molar-refractivity contribution in [2.45, 2.75) is 24.5 Å². The second kappa shape index (κ2) is 6.23. The van der Waals surface area contributed by atoms with Gasteiger partial charge in [0.2, 0.25) is 0 Å². The number of hydrazone groups is 1. The van der Waals surface area contributed by atoms with Crippen molar-refractivity contribution in [3.8, 4) is 0 Å². The molecule has 0 spiro atoms. The Morgan fingerprint density at radius 1 is 1.40 bits per heavy atom. The molecule has 0 aliphatic carbocycles. The summed E-state index contributed by atoms with van der Waals surface area (Å²) < 4.78 is 24.3. The second-order valence-electron chi connectivity index (χ2n) is 6.15. The zero-order chi connectivity index (χ0) is 18.4. The predicted octanol–water partition coefficient (Wildman–Crippen LogP) is 0.571. The summed E-state index contributed by atoms with van der Waals surface area (Å²) in [6.07, 6.45) is 1.94. The molecule has 2 aliphatic rings. The van der Waals surface area contributed by atoms with Crippen molar-refractivity contribution in [3.63, 3.8) is 0 Å². The Kier molecular flexibility index (Phi) is 4.38. The fourth-order valence-corrected chi connectivity index (χ4v) is 4.00. The van der Waals surface area contributed by atoms with Crippen LogP contribution in [-0.4, -0.2) is 62.4 Å². The van der Waals surface area contributed by atoms with Gasteiger partial charge in [-0.15, -0.1) is 0 Å². The second-order valence-corrected chi connectivity index (χ2v) is 8.13. The first-order valence-corrected chi connectivity index (χ1v) is 9.63.